The number of imide groups is 1. The summed E-state index contributed by atoms with van der Waals surface area (Å²) in [6.45, 7) is 0.525. The Morgan fingerprint density at radius 3 is 2.75 bits per heavy atom. The van der Waals surface area contributed by atoms with Crippen LogP contribution in [0.5, 0.6) is 0 Å². The smallest absolute Gasteiger partial charge is 0.280 e. The zero-order chi connectivity index (χ0) is 17.1. The summed E-state index contributed by atoms with van der Waals surface area (Å²) in [5, 5.41) is 6.23. The maximum Gasteiger partial charge on any atom is 0.280 e. The van der Waals surface area contributed by atoms with E-state index in [4.69, 9.17) is 12.2 Å². The van der Waals surface area contributed by atoms with E-state index in [0.717, 1.165) is 9.37 Å². The van der Waals surface area contributed by atoms with Crippen LogP contribution in [0.25, 0.3) is 0 Å². The maximum absolute atomic E-state index is 12.2. The number of anilines is 1. The summed E-state index contributed by atoms with van der Waals surface area (Å²) in [5.74, 6) is -0.121. The molecule has 0 aliphatic carbocycles. The summed E-state index contributed by atoms with van der Waals surface area (Å²) in [6.07, 6.45) is 3.15. The zero-order valence-corrected chi connectivity index (χ0v) is 14.7. The highest BCUT2D eigenvalue weighted by molar-refractivity contribution is 9.10. The fourth-order valence-corrected chi connectivity index (χ4v) is 2.65. The van der Waals surface area contributed by atoms with E-state index in [1.807, 2.05) is 6.07 Å². The molecule has 0 atom stereocenters. The van der Waals surface area contributed by atoms with E-state index in [1.165, 1.54) is 6.20 Å². The first-order valence-corrected chi connectivity index (χ1v) is 8.24. The Hall–Kier alpha value is -2.39. The molecule has 0 bridgehead atoms. The number of halogens is 1. The molecule has 7 nitrogen and oxygen atoms in total. The lowest BCUT2D eigenvalue weighted by Gasteiger charge is -2.15. The third kappa shape index (κ3) is 3.41. The molecule has 24 heavy (non-hydrogen) atoms. The van der Waals surface area contributed by atoms with Gasteiger partial charge in [-0.25, -0.2) is 4.98 Å². The van der Waals surface area contributed by atoms with Crippen LogP contribution in [0.15, 0.2) is 41.1 Å². The number of pyridine rings is 2. The molecule has 0 saturated heterocycles. The van der Waals surface area contributed by atoms with E-state index in [1.54, 1.807) is 24.4 Å². The lowest BCUT2D eigenvalue weighted by Crippen LogP contribution is -2.39. The molecule has 2 amide bonds. The van der Waals surface area contributed by atoms with Gasteiger partial charge in [-0.05, 0) is 52.4 Å². The summed E-state index contributed by atoms with van der Waals surface area (Å²) >= 11 is 8.46. The Morgan fingerprint density at radius 2 is 2.04 bits per heavy atom. The van der Waals surface area contributed by atoms with E-state index >= 15 is 0 Å². The van der Waals surface area contributed by atoms with E-state index in [-0.39, 0.29) is 24.1 Å². The van der Waals surface area contributed by atoms with Crippen molar-refractivity contribution in [2.45, 2.75) is 0 Å². The molecule has 0 unspecified atom stereocenters. The van der Waals surface area contributed by atoms with Crippen molar-refractivity contribution in [3.63, 3.8) is 0 Å². The molecule has 9 heteroatoms. The van der Waals surface area contributed by atoms with Gasteiger partial charge in [-0.1, -0.05) is 0 Å². The number of carbonyl (C=O) groups is 2. The number of nitrogens with zero attached hydrogens (tertiary/aromatic N) is 3. The van der Waals surface area contributed by atoms with Crippen molar-refractivity contribution in [2.75, 3.05) is 18.4 Å². The van der Waals surface area contributed by atoms with Crippen LogP contribution in [0.3, 0.4) is 0 Å². The molecule has 0 radical (unpaired) electrons. The monoisotopic (exact) mass is 405 g/mol. The highest BCUT2D eigenvalue weighted by atomic mass is 79.9. The summed E-state index contributed by atoms with van der Waals surface area (Å²) in [4.78, 5) is 33.6. The lowest BCUT2D eigenvalue weighted by molar-refractivity contribution is 0.0655. The molecule has 122 valence electrons. The molecule has 0 spiro atoms. The van der Waals surface area contributed by atoms with Gasteiger partial charge >= 0.3 is 0 Å². The quantitative estimate of drug-likeness (QED) is 0.592. The molecule has 0 fully saturated rings. The van der Waals surface area contributed by atoms with Crippen LogP contribution in [0.4, 0.5) is 5.82 Å². The van der Waals surface area contributed by atoms with Gasteiger partial charge in [0, 0.05) is 30.0 Å². The van der Waals surface area contributed by atoms with E-state index in [2.05, 4.69) is 36.5 Å². The Morgan fingerprint density at radius 1 is 1.21 bits per heavy atom. The number of carbonyl (C=O) groups excluding carboxylic acids is 2. The van der Waals surface area contributed by atoms with Crippen molar-refractivity contribution >= 4 is 50.9 Å². The molecule has 2 aromatic rings. The number of amides is 2. The molecule has 3 rings (SSSR count). The molecule has 0 saturated carbocycles. The summed E-state index contributed by atoms with van der Waals surface area (Å²) < 4.78 is 0.867. The van der Waals surface area contributed by atoms with E-state index in [0.29, 0.717) is 23.0 Å². The van der Waals surface area contributed by atoms with Gasteiger partial charge in [0.05, 0.1) is 5.56 Å². The molecule has 1 aliphatic rings. The van der Waals surface area contributed by atoms with Crippen molar-refractivity contribution in [2.24, 2.45) is 0 Å². The van der Waals surface area contributed by atoms with Gasteiger partial charge < -0.3 is 10.6 Å². The van der Waals surface area contributed by atoms with Gasteiger partial charge in [0.25, 0.3) is 11.8 Å². The predicted molar refractivity (Wildman–Crippen MR) is 95.8 cm³/mol. The average molecular weight is 406 g/mol. The van der Waals surface area contributed by atoms with Crippen LogP contribution >= 0.6 is 28.1 Å². The van der Waals surface area contributed by atoms with Gasteiger partial charge in [0.2, 0.25) is 0 Å². The fourth-order valence-electron chi connectivity index (χ4n) is 2.21. The second-order valence-electron chi connectivity index (χ2n) is 4.90. The first-order chi connectivity index (χ1) is 11.6. The van der Waals surface area contributed by atoms with Crippen molar-refractivity contribution in [3.8, 4) is 0 Å². The molecular weight excluding hydrogens is 394 g/mol. The molecule has 2 aromatic heterocycles. The number of hydrogen-bond acceptors (Lipinski definition) is 5. The number of thiocarbonyl (C=S) groups is 1. The van der Waals surface area contributed by atoms with Gasteiger partial charge in [0.15, 0.2) is 5.11 Å². The van der Waals surface area contributed by atoms with Crippen LogP contribution in [0.2, 0.25) is 0 Å². The van der Waals surface area contributed by atoms with Crippen molar-refractivity contribution in [3.05, 3.63) is 52.4 Å². The molecule has 0 aromatic carbocycles. The third-order valence-electron chi connectivity index (χ3n) is 3.32. The summed E-state index contributed by atoms with van der Waals surface area (Å²) in [5.41, 5.74) is 0.532. The Balaban J connectivity index is 1.52. The number of rotatable bonds is 4. The van der Waals surface area contributed by atoms with Gasteiger partial charge in [-0.15, -0.1) is 0 Å². The average Bonchev–Trinajstić information content (AvgIpc) is 2.82. The summed E-state index contributed by atoms with van der Waals surface area (Å²) in [6, 6.07) is 6.84. The van der Waals surface area contributed by atoms with Crippen LogP contribution in [-0.4, -0.2) is 44.9 Å². The largest absolute Gasteiger partial charge is 0.361 e. The third-order valence-corrected chi connectivity index (χ3v) is 4.04. The van der Waals surface area contributed by atoms with E-state index in [9.17, 15) is 9.59 Å². The molecule has 3 heterocycles. The van der Waals surface area contributed by atoms with Crippen molar-refractivity contribution < 1.29 is 9.59 Å². The second-order valence-corrected chi connectivity index (χ2v) is 6.23. The fraction of sp³-hybridized carbons (Fsp3) is 0.133. The highest BCUT2D eigenvalue weighted by Crippen LogP contribution is 2.19. The van der Waals surface area contributed by atoms with Gasteiger partial charge in [-0.2, -0.15) is 0 Å². The molecular formula is C15H12BrN5O2S. The van der Waals surface area contributed by atoms with E-state index < -0.39 is 0 Å². The zero-order valence-electron chi connectivity index (χ0n) is 12.3. The lowest BCUT2D eigenvalue weighted by atomic mass is 10.2. The Labute approximate surface area is 151 Å². The number of aromatic nitrogens is 2. The van der Waals surface area contributed by atoms with Crippen molar-refractivity contribution in [1.82, 2.24) is 20.2 Å². The Bertz CT molecular complexity index is 777. The topological polar surface area (TPSA) is 87.2 Å². The van der Waals surface area contributed by atoms with Gasteiger partial charge in [0.1, 0.15) is 11.5 Å². The standard InChI is InChI=1S/C15H12BrN5O2S/c16-9-3-4-11(19-8-9)20-15(24)18-6-7-21-13(22)10-2-1-5-17-12(10)14(21)23/h1-5,8H,6-7H2,(H2,18,19,20,24). The number of nitrogens with one attached hydrogen (secondary N) is 2. The van der Waals surface area contributed by atoms with Crippen LogP contribution in [-0.2, 0) is 0 Å². The maximum atomic E-state index is 12.2. The molecule has 1 aliphatic heterocycles. The van der Waals surface area contributed by atoms with Crippen LogP contribution < -0.4 is 10.6 Å². The number of fused-ring (bicyclic) bond motifs is 1. The number of hydrogen-bond donors (Lipinski definition) is 2. The predicted octanol–water partition coefficient (Wildman–Crippen LogP) is 1.82. The Kier molecular flexibility index (Phi) is 4.81. The van der Waals surface area contributed by atoms with Crippen LogP contribution in [0, 0.1) is 0 Å². The summed E-state index contributed by atoms with van der Waals surface area (Å²) in [7, 11) is 0. The van der Waals surface area contributed by atoms with Crippen molar-refractivity contribution in [1.29, 1.82) is 0 Å². The minimum atomic E-state index is -0.383. The minimum absolute atomic E-state index is 0.197. The van der Waals surface area contributed by atoms with Gasteiger partial charge in [-0.3, -0.25) is 19.5 Å². The van der Waals surface area contributed by atoms with Crippen LogP contribution in [0.1, 0.15) is 20.8 Å². The SMILES string of the molecule is O=C1c2cccnc2C(=O)N1CCNC(=S)Nc1ccc(Br)cn1. The first kappa shape index (κ1) is 16.5. The normalized spacial score (nSPS) is 13.0. The first-order valence-electron chi connectivity index (χ1n) is 7.04. The highest BCUT2D eigenvalue weighted by Gasteiger charge is 2.36. The minimum Gasteiger partial charge on any atom is -0.361 e. The second kappa shape index (κ2) is 7.02. The molecule has 2 N–H and O–H groups in total.